The van der Waals surface area contributed by atoms with Crippen molar-refractivity contribution in [1.29, 1.82) is 0 Å². The molecule has 0 spiro atoms. The van der Waals surface area contributed by atoms with E-state index in [0.29, 0.717) is 5.56 Å². The quantitative estimate of drug-likeness (QED) is 0.892. The summed E-state index contributed by atoms with van der Waals surface area (Å²) in [5.41, 5.74) is 5.69. The highest BCUT2D eigenvalue weighted by Gasteiger charge is 2.16. The molecule has 1 fully saturated rings. The molecule has 1 aromatic rings. The van der Waals surface area contributed by atoms with Crippen molar-refractivity contribution in [3.63, 3.8) is 0 Å². The standard InChI is InChI=1S/C12H15BrN2O2/c13-10-7-8(12(14)16)1-2-11(10)17-9-3-5-15-6-4-9/h1-2,7,9,15H,3-6H2,(H2,14,16). The van der Waals surface area contributed by atoms with Crippen LogP contribution in [0.5, 0.6) is 5.75 Å². The Bertz CT molecular complexity index is 417. The molecule has 4 nitrogen and oxygen atoms in total. The van der Waals surface area contributed by atoms with Crippen molar-refractivity contribution in [1.82, 2.24) is 5.32 Å². The first kappa shape index (κ1) is 12.4. The van der Waals surface area contributed by atoms with Crippen molar-refractivity contribution in [2.45, 2.75) is 18.9 Å². The smallest absolute Gasteiger partial charge is 0.248 e. The second-order valence-electron chi connectivity index (χ2n) is 4.08. The molecule has 5 heteroatoms. The van der Waals surface area contributed by atoms with Crippen LogP contribution in [0.15, 0.2) is 22.7 Å². The lowest BCUT2D eigenvalue weighted by Crippen LogP contribution is -2.34. The molecule has 0 saturated carbocycles. The number of primary amides is 1. The average molecular weight is 299 g/mol. The van der Waals surface area contributed by atoms with Gasteiger partial charge in [-0.05, 0) is 60.1 Å². The first-order chi connectivity index (χ1) is 8.16. The number of hydrogen-bond acceptors (Lipinski definition) is 3. The van der Waals surface area contributed by atoms with Gasteiger partial charge in [0, 0.05) is 5.56 Å². The van der Waals surface area contributed by atoms with Crippen LogP contribution in [0.3, 0.4) is 0 Å². The Morgan fingerprint density at radius 1 is 1.41 bits per heavy atom. The largest absolute Gasteiger partial charge is 0.489 e. The molecule has 1 amide bonds. The van der Waals surface area contributed by atoms with Gasteiger partial charge < -0.3 is 15.8 Å². The maximum Gasteiger partial charge on any atom is 0.248 e. The maximum atomic E-state index is 11.0. The van der Waals surface area contributed by atoms with Gasteiger partial charge in [-0.2, -0.15) is 0 Å². The van der Waals surface area contributed by atoms with Gasteiger partial charge >= 0.3 is 0 Å². The Morgan fingerprint density at radius 2 is 2.12 bits per heavy atom. The third-order valence-electron chi connectivity index (χ3n) is 2.80. The number of benzene rings is 1. The fourth-order valence-electron chi connectivity index (χ4n) is 1.84. The zero-order valence-electron chi connectivity index (χ0n) is 9.41. The minimum Gasteiger partial charge on any atom is -0.489 e. The predicted molar refractivity (Wildman–Crippen MR) is 69.2 cm³/mol. The molecule has 2 rings (SSSR count). The molecule has 0 aromatic heterocycles. The Kier molecular flexibility index (Phi) is 4.02. The summed E-state index contributed by atoms with van der Waals surface area (Å²) in [7, 11) is 0. The lowest BCUT2D eigenvalue weighted by Gasteiger charge is -2.24. The highest BCUT2D eigenvalue weighted by molar-refractivity contribution is 9.10. The fourth-order valence-corrected chi connectivity index (χ4v) is 2.31. The number of nitrogens with one attached hydrogen (secondary N) is 1. The van der Waals surface area contributed by atoms with E-state index in [1.807, 2.05) is 0 Å². The predicted octanol–water partition coefficient (Wildman–Crippen LogP) is 1.68. The molecule has 0 radical (unpaired) electrons. The summed E-state index contributed by atoms with van der Waals surface area (Å²) in [5, 5.41) is 3.29. The van der Waals surface area contributed by atoms with E-state index >= 15 is 0 Å². The van der Waals surface area contributed by atoms with Crippen LogP contribution in [0.25, 0.3) is 0 Å². The summed E-state index contributed by atoms with van der Waals surface area (Å²) in [5.74, 6) is 0.334. The molecular weight excluding hydrogens is 284 g/mol. The van der Waals surface area contributed by atoms with Gasteiger partial charge in [0.1, 0.15) is 11.9 Å². The number of piperidine rings is 1. The lowest BCUT2D eigenvalue weighted by atomic mass is 10.1. The normalized spacial score (nSPS) is 16.8. The third-order valence-corrected chi connectivity index (χ3v) is 3.42. The zero-order chi connectivity index (χ0) is 12.3. The molecule has 0 bridgehead atoms. The molecule has 3 N–H and O–H groups in total. The summed E-state index contributed by atoms with van der Waals surface area (Å²) in [4.78, 5) is 11.0. The molecule has 17 heavy (non-hydrogen) atoms. The monoisotopic (exact) mass is 298 g/mol. The van der Waals surface area contributed by atoms with Crippen molar-refractivity contribution >= 4 is 21.8 Å². The van der Waals surface area contributed by atoms with Crippen molar-refractivity contribution < 1.29 is 9.53 Å². The van der Waals surface area contributed by atoms with Gasteiger partial charge in [-0.15, -0.1) is 0 Å². The SMILES string of the molecule is NC(=O)c1ccc(OC2CCNCC2)c(Br)c1. The number of nitrogens with two attached hydrogens (primary N) is 1. The van der Waals surface area contributed by atoms with Crippen LogP contribution >= 0.6 is 15.9 Å². The Labute approximate surface area is 109 Å². The highest BCUT2D eigenvalue weighted by atomic mass is 79.9. The van der Waals surface area contributed by atoms with Gasteiger partial charge in [0.2, 0.25) is 5.91 Å². The van der Waals surface area contributed by atoms with E-state index in [9.17, 15) is 4.79 Å². The Balaban J connectivity index is 2.08. The van der Waals surface area contributed by atoms with E-state index in [2.05, 4.69) is 21.2 Å². The number of rotatable bonds is 3. The number of ether oxygens (including phenoxy) is 1. The summed E-state index contributed by atoms with van der Waals surface area (Å²) in [6.07, 6.45) is 2.25. The van der Waals surface area contributed by atoms with E-state index in [4.69, 9.17) is 10.5 Å². The number of halogens is 1. The highest BCUT2D eigenvalue weighted by Crippen LogP contribution is 2.28. The van der Waals surface area contributed by atoms with Crippen LogP contribution < -0.4 is 15.8 Å². The molecular formula is C12H15BrN2O2. The average Bonchev–Trinajstić information content (AvgIpc) is 2.33. The summed E-state index contributed by atoms with van der Waals surface area (Å²) >= 11 is 3.39. The third kappa shape index (κ3) is 3.20. The summed E-state index contributed by atoms with van der Waals surface area (Å²) < 4.78 is 6.65. The molecule has 92 valence electrons. The molecule has 1 aromatic carbocycles. The molecule has 0 atom stereocenters. The molecule has 0 unspecified atom stereocenters. The van der Waals surface area contributed by atoms with Crippen LogP contribution in [-0.4, -0.2) is 25.1 Å². The number of carbonyl (C=O) groups is 1. The van der Waals surface area contributed by atoms with Crippen molar-refractivity contribution in [3.05, 3.63) is 28.2 Å². The molecule has 1 aliphatic heterocycles. The van der Waals surface area contributed by atoms with Gasteiger partial charge in [0.25, 0.3) is 0 Å². The van der Waals surface area contributed by atoms with Gasteiger partial charge in [-0.25, -0.2) is 0 Å². The maximum absolute atomic E-state index is 11.0. The molecule has 1 heterocycles. The second kappa shape index (κ2) is 5.51. The summed E-state index contributed by atoms with van der Waals surface area (Å²) in [6.45, 7) is 1.98. The molecule has 1 saturated heterocycles. The number of hydrogen-bond donors (Lipinski definition) is 2. The van der Waals surface area contributed by atoms with E-state index in [1.165, 1.54) is 0 Å². The zero-order valence-corrected chi connectivity index (χ0v) is 11.0. The second-order valence-corrected chi connectivity index (χ2v) is 4.93. The Hall–Kier alpha value is -1.07. The lowest BCUT2D eigenvalue weighted by molar-refractivity contribution is 0.1000. The van der Waals surface area contributed by atoms with Crippen LogP contribution in [0.1, 0.15) is 23.2 Å². The minimum atomic E-state index is -0.431. The fraction of sp³-hybridized carbons (Fsp3) is 0.417. The van der Waals surface area contributed by atoms with Gasteiger partial charge in [-0.3, -0.25) is 4.79 Å². The first-order valence-corrected chi connectivity index (χ1v) is 6.43. The first-order valence-electron chi connectivity index (χ1n) is 5.63. The number of carbonyl (C=O) groups excluding carboxylic acids is 1. The Morgan fingerprint density at radius 3 is 2.71 bits per heavy atom. The van der Waals surface area contributed by atoms with Gasteiger partial charge in [0.15, 0.2) is 0 Å². The minimum absolute atomic E-state index is 0.243. The van der Waals surface area contributed by atoms with E-state index in [-0.39, 0.29) is 6.10 Å². The van der Waals surface area contributed by atoms with E-state index in [1.54, 1.807) is 18.2 Å². The van der Waals surface area contributed by atoms with Crippen LogP contribution in [0.4, 0.5) is 0 Å². The van der Waals surface area contributed by atoms with Crippen molar-refractivity contribution in [3.8, 4) is 5.75 Å². The summed E-state index contributed by atoms with van der Waals surface area (Å²) in [6, 6.07) is 5.16. The van der Waals surface area contributed by atoms with Crippen LogP contribution in [0, 0.1) is 0 Å². The topological polar surface area (TPSA) is 64.4 Å². The molecule has 1 aliphatic rings. The number of amides is 1. The van der Waals surface area contributed by atoms with Crippen LogP contribution in [0.2, 0.25) is 0 Å². The van der Waals surface area contributed by atoms with Crippen molar-refractivity contribution in [2.24, 2.45) is 5.73 Å². The van der Waals surface area contributed by atoms with E-state index < -0.39 is 5.91 Å². The molecule has 0 aliphatic carbocycles. The van der Waals surface area contributed by atoms with Gasteiger partial charge in [0.05, 0.1) is 4.47 Å². The van der Waals surface area contributed by atoms with Crippen LogP contribution in [-0.2, 0) is 0 Å². The van der Waals surface area contributed by atoms with E-state index in [0.717, 1.165) is 36.2 Å². The van der Waals surface area contributed by atoms with Gasteiger partial charge in [-0.1, -0.05) is 0 Å². The van der Waals surface area contributed by atoms with Crippen molar-refractivity contribution in [2.75, 3.05) is 13.1 Å².